The van der Waals surface area contributed by atoms with Gasteiger partial charge in [0.1, 0.15) is 5.82 Å². The second kappa shape index (κ2) is 5.23. The van der Waals surface area contributed by atoms with Crippen LogP contribution in [0.4, 0.5) is 4.39 Å². The highest BCUT2D eigenvalue weighted by Gasteiger charge is 2.28. The molecule has 92 valence electrons. The molecule has 1 N–H and O–H groups in total. The summed E-state index contributed by atoms with van der Waals surface area (Å²) in [6.45, 7) is 1.51. The molecular weight excluding hydrogens is 221 g/mol. The van der Waals surface area contributed by atoms with Crippen LogP contribution in [0.3, 0.4) is 0 Å². The predicted molar refractivity (Wildman–Crippen MR) is 62.2 cm³/mol. The van der Waals surface area contributed by atoms with E-state index >= 15 is 0 Å². The Kier molecular flexibility index (Phi) is 3.68. The smallest absolute Gasteiger partial charge is 0.255 e. The van der Waals surface area contributed by atoms with Crippen molar-refractivity contribution < 1.29 is 9.18 Å². The minimum absolute atomic E-state index is 0.130. The van der Waals surface area contributed by atoms with Gasteiger partial charge in [-0.25, -0.2) is 4.39 Å². The maximum absolute atomic E-state index is 13.0. The summed E-state index contributed by atoms with van der Waals surface area (Å²) in [5, 5.41) is 3.07. The minimum Gasteiger partial charge on any atom is -0.334 e. The number of carbonyl (C=O) groups excluding carboxylic acids is 1. The average molecular weight is 237 g/mol. The van der Waals surface area contributed by atoms with Gasteiger partial charge in [0.05, 0.1) is 11.8 Å². The SMILES string of the molecule is CNCC1CCCN1C(=O)c1cncc(F)c1. The van der Waals surface area contributed by atoms with Crippen LogP contribution in [-0.2, 0) is 0 Å². The number of aromatic nitrogens is 1. The summed E-state index contributed by atoms with van der Waals surface area (Å²) in [6, 6.07) is 1.44. The van der Waals surface area contributed by atoms with Gasteiger partial charge in [-0.2, -0.15) is 0 Å². The summed E-state index contributed by atoms with van der Waals surface area (Å²) in [6.07, 6.45) is 4.52. The number of hydrogen-bond acceptors (Lipinski definition) is 3. The molecule has 1 unspecified atom stereocenters. The Morgan fingerprint density at radius 1 is 1.65 bits per heavy atom. The van der Waals surface area contributed by atoms with Gasteiger partial charge >= 0.3 is 0 Å². The molecule has 1 atom stereocenters. The van der Waals surface area contributed by atoms with Crippen LogP contribution in [0.5, 0.6) is 0 Å². The lowest BCUT2D eigenvalue weighted by Crippen LogP contribution is -2.40. The van der Waals surface area contributed by atoms with Crippen molar-refractivity contribution in [1.82, 2.24) is 15.2 Å². The first-order valence-electron chi connectivity index (χ1n) is 5.78. The van der Waals surface area contributed by atoms with Gasteiger partial charge in [-0.05, 0) is 26.0 Å². The molecule has 1 aliphatic rings. The van der Waals surface area contributed by atoms with Crippen molar-refractivity contribution in [2.75, 3.05) is 20.1 Å². The fourth-order valence-corrected chi connectivity index (χ4v) is 2.25. The van der Waals surface area contributed by atoms with Crippen LogP contribution in [0, 0.1) is 5.82 Å². The Morgan fingerprint density at radius 2 is 2.47 bits per heavy atom. The van der Waals surface area contributed by atoms with Crippen molar-refractivity contribution in [3.05, 3.63) is 29.8 Å². The maximum Gasteiger partial charge on any atom is 0.255 e. The Bertz CT molecular complexity index is 410. The number of amides is 1. The van der Waals surface area contributed by atoms with Crippen LogP contribution in [0.25, 0.3) is 0 Å². The molecule has 0 spiro atoms. The summed E-state index contributed by atoms with van der Waals surface area (Å²) in [4.78, 5) is 17.7. The van der Waals surface area contributed by atoms with E-state index in [1.54, 1.807) is 4.90 Å². The number of carbonyl (C=O) groups is 1. The zero-order chi connectivity index (χ0) is 12.3. The molecule has 5 heteroatoms. The first-order valence-corrected chi connectivity index (χ1v) is 5.78. The highest BCUT2D eigenvalue weighted by atomic mass is 19.1. The van der Waals surface area contributed by atoms with Crippen LogP contribution in [0.15, 0.2) is 18.5 Å². The average Bonchev–Trinajstić information content (AvgIpc) is 2.77. The topological polar surface area (TPSA) is 45.2 Å². The van der Waals surface area contributed by atoms with E-state index in [4.69, 9.17) is 0 Å². The molecule has 1 fully saturated rings. The summed E-state index contributed by atoms with van der Waals surface area (Å²) in [5.74, 6) is -0.602. The van der Waals surface area contributed by atoms with Crippen molar-refractivity contribution in [1.29, 1.82) is 0 Å². The second-order valence-corrected chi connectivity index (χ2v) is 4.24. The van der Waals surface area contributed by atoms with Crippen LogP contribution in [-0.4, -0.2) is 42.0 Å². The molecule has 2 heterocycles. The van der Waals surface area contributed by atoms with Crippen LogP contribution in [0.1, 0.15) is 23.2 Å². The van der Waals surface area contributed by atoms with Gasteiger partial charge in [0, 0.05) is 25.3 Å². The Morgan fingerprint density at radius 3 is 3.18 bits per heavy atom. The number of pyridine rings is 1. The molecule has 0 radical (unpaired) electrons. The van der Waals surface area contributed by atoms with Crippen molar-refractivity contribution >= 4 is 5.91 Å². The van der Waals surface area contributed by atoms with Gasteiger partial charge in [0.15, 0.2) is 0 Å². The normalized spacial score (nSPS) is 19.6. The monoisotopic (exact) mass is 237 g/mol. The predicted octanol–water partition coefficient (Wildman–Crippen LogP) is 1.04. The zero-order valence-corrected chi connectivity index (χ0v) is 9.82. The summed E-state index contributed by atoms with van der Waals surface area (Å²) < 4.78 is 13.0. The molecule has 0 aromatic carbocycles. The molecule has 1 aliphatic heterocycles. The molecule has 17 heavy (non-hydrogen) atoms. The van der Waals surface area contributed by atoms with Gasteiger partial charge in [0.25, 0.3) is 5.91 Å². The molecule has 0 bridgehead atoms. The van der Waals surface area contributed by atoms with E-state index in [9.17, 15) is 9.18 Å². The number of halogens is 1. The molecule has 1 aromatic heterocycles. The largest absolute Gasteiger partial charge is 0.334 e. The lowest BCUT2D eigenvalue weighted by atomic mass is 10.2. The number of rotatable bonds is 3. The molecule has 1 aromatic rings. The summed E-state index contributed by atoms with van der Waals surface area (Å²) >= 11 is 0. The van der Waals surface area contributed by atoms with Gasteiger partial charge in [0.2, 0.25) is 0 Å². The molecule has 0 aliphatic carbocycles. The second-order valence-electron chi connectivity index (χ2n) is 4.24. The van der Waals surface area contributed by atoms with E-state index in [0.29, 0.717) is 5.56 Å². The number of likely N-dealkylation sites (tertiary alicyclic amines) is 1. The van der Waals surface area contributed by atoms with E-state index in [-0.39, 0.29) is 11.9 Å². The maximum atomic E-state index is 13.0. The minimum atomic E-state index is -0.472. The first-order chi connectivity index (χ1) is 8.22. The van der Waals surface area contributed by atoms with Gasteiger partial charge < -0.3 is 10.2 Å². The highest BCUT2D eigenvalue weighted by molar-refractivity contribution is 5.94. The highest BCUT2D eigenvalue weighted by Crippen LogP contribution is 2.19. The third kappa shape index (κ3) is 2.61. The Labute approximate surface area is 99.8 Å². The quantitative estimate of drug-likeness (QED) is 0.854. The van der Waals surface area contributed by atoms with Crippen molar-refractivity contribution in [2.24, 2.45) is 0 Å². The van der Waals surface area contributed by atoms with E-state index in [2.05, 4.69) is 10.3 Å². The number of hydrogen-bond donors (Lipinski definition) is 1. The van der Waals surface area contributed by atoms with Crippen LogP contribution < -0.4 is 5.32 Å². The fraction of sp³-hybridized carbons (Fsp3) is 0.500. The third-order valence-electron chi connectivity index (χ3n) is 3.03. The number of nitrogens with one attached hydrogen (secondary N) is 1. The summed E-state index contributed by atoms with van der Waals surface area (Å²) in [7, 11) is 1.87. The Hall–Kier alpha value is -1.49. The van der Waals surface area contributed by atoms with E-state index in [1.807, 2.05) is 7.05 Å². The molecule has 1 saturated heterocycles. The number of nitrogens with zero attached hydrogens (tertiary/aromatic N) is 2. The van der Waals surface area contributed by atoms with E-state index < -0.39 is 5.82 Å². The molecule has 0 saturated carbocycles. The standard InChI is InChI=1S/C12H16FN3O/c1-14-8-11-3-2-4-16(11)12(17)9-5-10(13)7-15-6-9/h5-7,11,14H,2-4,8H2,1H3. The lowest BCUT2D eigenvalue weighted by Gasteiger charge is -2.24. The molecular formula is C12H16FN3O. The van der Waals surface area contributed by atoms with E-state index in [1.165, 1.54) is 12.3 Å². The van der Waals surface area contributed by atoms with Crippen molar-refractivity contribution in [2.45, 2.75) is 18.9 Å². The van der Waals surface area contributed by atoms with Crippen LogP contribution in [0.2, 0.25) is 0 Å². The van der Waals surface area contributed by atoms with Crippen LogP contribution >= 0.6 is 0 Å². The fourth-order valence-electron chi connectivity index (χ4n) is 2.25. The van der Waals surface area contributed by atoms with Crippen molar-refractivity contribution in [3.63, 3.8) is 0 Å². The molecule has 1 amide bonds. The third-order valence-corrected chi connectivity index (χ3v) is 3.03. The lowest BCUT2D eigenvalue weighted by molar-refractivity contribution is 0.0736. The molecule has 4 nitrogen and oxygen atoms in total. The zero-order valence-electron chi connectivity index (χ0n) is 9.82. The molecule has 2 rings (SSSR count). The number of likely N-dealkylation sites (N-methyl/N-ethyl adjacent to an activating group) is 1. The Balaban J connectivity index is 2.14. The van der Waals surface area contributed by atoms with Gasteiger partial charge in [-0.3, -0.25) is 9.78 Å². The summed E-state index contributed by atoms with van der Waals surface area (Å²) in [5.41, 5.74) is 0.327. The van der Waals surface area contributed by atoms with Gasteiger partial charge in [-0.15, -0.1) is 0 Å². The van der Waals surface area contributed by atoms with Crippen molar-refractivity contribution in [3.8, 4) is 0 Å². The first kappa shape index (κ1) is 12.0. The van der Waals surface area contributed by atoms with Gasteiger partial charge in [-0.1, -0.05) is 0 Å². The van der Waals surface area contributed by atoms with E-state index in [0.717, 1.165) is 32.1 Å².